The highest BCUT2D eigenvalue weighted by atomic mass is 16.5. The molecule has 1 N–H and O–H groups in total. The van der Waals surface area contributed by atoms with Gasteiger partial charge in [0.05, 0.1) is 13.7 Å². The Balaban J connectivity index is 2.00. The maximum absolute atomic E-state index is 11.9. The molecule has 5 nitrogen and oxygen atoms in total. The van der Waals surface area contributed by atoms with Gasteiger partial charge in [-0.15, -0.1) is 0 Å². The highest BCUT2D eigenvalue weighted by Crippen LogP contribution is 2.36. The van der Waals surface area contributed by atoms with Crippen LogP contribution in [0.1, 0.15) is 5.56 Å². The van der Waals surface area contributed by atoms with E-state index in [1.54, 1.807) is 19.1 Å². The highest BCUT2D eigenvalue weighted by Gasteiger charge is 2.22. The lowest BCUT2D eigenvalue weighted by atomic mass is 9.98. The van der Waals surface area contributed by atoms with E-state index in [2.05, 4.69) is 34.6 Å². The van der Waals surface area contributed by atoms with Gasteiger partial charge >= 0.3 is 6.03 Å². The van der Waals surface area contributed by atoms with Gasteiger partial charge in [0.25, 0.3) is 0 Å². The molecule has 1 aliphatic rings. The summed E-state index contributed by atoms with van der Waals surface area (Å²) in [7, 11) is 3.40. The zero-order valence-corrected chi connectivity index (χ0v) is 13.5. The SMILES string of the molecule is COc1ccc(-c2ccccc2)c2cc3c(nc12)NC(=O)N(C)C3. The molecule has 0 radical (unpaired) electrons. The first-order valence-electron chi connectivity index (χ1n) is 7.75. The Bertz CT molecular complexity index is 938. The first-order chi connectivity index (χ1) is 11.7. The minimum atomic E-state index is -0.146. The summed E-state index contributed by atoms with van der Waals surface area (Å²) in [5, 5.41) is 3.85. The molecule has 120 valence electrons. The Kier molecular flexibility index (Phi) is 3.34. The van der Waals surface area contributed by atoms with Gasteiger partial charge in [0.1, 0.15) is 17.1 Å². The summed E-state index contributed by atoms with van der Waals surface area (Å²) in [6.07, 6.45) is 0. The van der Waals surface area contributed by atoms with Crippen LogP contribution in [0.15, 0.2) is 48.5 Å². The van der Waals surface area contributed by atoms with Crippen LogP contribution in [0.25, 0.3) is 22.0 Å². The van der Waals surface area contributed by atoms with Crippen LogP contribution in [0.2, 0.25) is 0 Å². The van der Waals surface area contributed by atoms with E-state index in [0.29, 0.717) is 18.1 Å². The van der Waals surface area contributed by atoms with Crippen molar-refractivity contribution in [1.82, 2.24) is 9.88 Å². The molecule has 5 heteroatoms. The predicted octanol–water partition coefficient (Wildman–Crippen LogP) is 3.89. The van der Waals surface area contributed by atoms with E-state index in [0.717, 1.165) is 27.6 Å². The van der Waals surface area contributed by atoms with Crippen LogP contribution in [0.5, 0.6) is 5.75 Å². The molecule has 0 atom stereocenters. The monoisotopic (exact) mass is 319 g/mol. The molecule has 2 heterocycles. The van der Waals surface area contributed by atoms with Gasteiger partial charge in [0.15, 0.2) is 0 Å². The molecule has 0 unspecified atom stereocenters. The van der Waals surface area contributed by atoms with Crippen molar-refractivity contribution in [3.63, 3.8) is 0 Å². The summed E-state index contributed by atoms with van der Waals surface area (Å²) < 4.78 is 5.47. The molecule has 24 heavy (non-hydrogen) atoms. The maximum Gasteiger partial charge on any atom is 0.323 e. The number of aromatic nitrogens is 1. The first-order valence-corrected chi connectivity index (χ1v) is 7.75. The molecule has 2 aromatic carbocycles. The average Bonchev–Trinajstić information content (AvgIpc) is 2.61. The fourth-order valence-corrected chi connectivity index (χ4v) is 3.06. The average molecular weight is 319 g/mol. The van der Waals surface area contributed by atoms with Gasteiger partial charge in [-0.25, -0.2) is 9.78 Å². The molecule has 0 saturated carbocycles. The molecule has 0 spiro atoms. The van der Waals surface area contributed by atoms with Crippen molar-refractivity contribution >= 4 is 22.8 Å². The summed E-state index contributed by atoms with van der Waals surface area (Å²) >= 11 is 0. The van der Waals surface area contributed by atoms with Crippen LogP contribution >= 0.6 is 0 Å². The molecule has 0 fully saturated rings. The third kappa shape index (κ3) is 2.25. The number of pyridine rings is 1. The van der Waals surface area contributed by atoms with Crippen LogP contribution in [-0.2, 0) is 6.54 Å². The van der Waals surface area contributed by atoms with Crippen molar-refractivity contribution in [1.29, 1.82) is 0 Å². The Morgan fingerprint density at radius 3 is 2.71 bits per heavy atom. The molecule has 0 bridgehead atoms. The zero-order chi connectivity index (χ0) is 16.7. The zero-order valence-electron chi connectivity index (χ0n) is 13.5. The van der Waals surface area contributed by atoms with Gasteiger partial charge in [-0.05, 0) is 29.3 Å². The van der Waals surface area contributed by atoms with E-state index in [9.17, 15) is 4.79 Å². The Labute approximate surface area is 139 Å². The van der Waals surface area contributed by atoms with E-state index in [4.69, 9.17) is 4.74 Å². The van der Waals surface area contributed by atoms with Gasteiger partial charge in [0, 0.05) is 18.0 Å². The minimum Gasteiger partial charge on any atom is -0.494 e. The third-order valence-electron chi connectivity index (χ3n) is 4.31. The first kappa shape index (κ1) is 14.5. The second-order valence-corrected chi connectivity index (χ2v) is 5.86. The number of rotatable bonds is 2. The number of carbonyl (C=O) groups is 1. The molecule has 1 aromatic heterocycles. The predicted molar refractivity (Wildman–Crippen MR) is 94.2 cm³/mol. The topological polar surface area (TPSA) is 54.5 Å². The van der Waals surface area contributed by atoms with E-state index in [1.807, 2.05) is 24.3 Å². The lowest BCUT2D eigenvalue weighted by Crippen LogP contribution is -2.35. The normalized spacial score (nSPS) is 13.6. The number of amides is 2. The van der Waals surface area contributed by atoms with Gasteiger partial charge in [-0.3, -0.25) is 5.32 Å². The van der Waals surface area contributed by atoms with Gasteiger partial charge in [-0.2, -0.15) is 0 Å². The number of urea groups is 1. The van der Waals surface area contributed by atoms with Gasteiger partial charge in [0.2, 0.25) is 0 Å². The van der Waals surface area contributed by atoms with Crippen molar-refractivity contribution < 1.29 is 9.53 Å². The Morgan fingerprint density at radius 2 is 1.96 bits per heavy atom. The lowest BCUT2D eigenvalue weighted by molar-refractivity contribution is 0.218. The van der Waals surface area contributed by atoms with Crippen LogP contribution < -0.4 is 10.1 Å². The molecule has 1 aliphatic heterocycles. The highest BCUT2D eigenvalue weighted by molar-refractivity contribution is 6.01. The second-order valence-electron chi connectivity index (χ2n) is 5.86. The number of ether oxygens (including phenoxy) is 1. The van der Waals surface area contributed by atoms with Crippen molar-refractivity contribution in [2.75, 3.05) is 19.5 Å². The lowest BCUT2D eigenvalue weighted by Gasteiger charge is -2.26. The number of hydrogen-bond acceptors (Lipinski definition) is 3. The summed E-state index contributed by atoms with van der Waals surface area (Å²) in [5.41, 5.74) is 3.97. The van der Waals surface area contributed by atoms with Crippen LogP contribution in [0, 0.1) is 0 Å². The molecule has 0 saturated heterocycles. The second kappa shape index (κ2) is 5.53. The third-order valence-corrected chi connectivity index (χ3v) is 4.31. The Morgan fingerprint density at radius 1 is 1.17 bits per heavy atom. The fourth-order valence-electron chi connectivity index (χ4n) is 3.06. The summed E-state index contributed by atoms with van der Waals surface area (Å²) in [6.45, 7) is 0.537. The van der Waals surface area contributed by atoms with Crippen molar-refractivity contribution in [2.45, 2.75) is 6.54 Å². The molecule has 2 amide bonds. The van der Waals surface area contributed by atoms with E-state index in [1.165, 1.54) is 0 Å². The number of fused-ring (bicyclic) bond motifs is 2. The maximum atomic E-state index is 11.9. The van der Waals surface area contributed by atoms with Crippen LogP contribution in [0.3, 0.4) is 0 Å². The van der Waals surface area contributed by atoms with E-state index >= 15 is 0 Å². The van der Waals surface area contributed by atoms with Gasteiger partial charge < -0.3 is 9.64 Å². The smallest absolute Gasteiger partial charge is 0.323 e. The van der Waals surface area contributed by atoms with Crippen LogP contribution in [0.4, 0.5) is 10.6 Å². The molecule has 0 aliphatic carbocycles. The number of methoxy groups -OCH3 is 1. The number of nitrogens with zero attached hydrogens (tertiary/aromatic N) is 2. The number of nitrogens with one attached hydrogen (secondary N) is 1. The largest absolute Gasteiger partial charge is 0.494 e. The molecular formula is C19H17N3O2. The Hall–Kier alpha value is -3.08. The summed E-state index contributed by atoms with van der Waals surface area (Å²) in [4.78, 5) is 18.2. The van der Waals surface area contributed by atoms with Crippen molar-refractivity contribution in [3.05, 3.63) is 54.1 Å². The van der Waals surface area contributed by atoms with E-state index < -0.39 is 0 Å². The number of carbonyl (C=O) groups excluding carboxylic acids is 1. The fraction of sp³-hybridized carbons (Fsp3) is 0.158. The van der Waals surface area contributed by atoms with Crippen molar-refractivity contribution in [3.8, 4) is 16.9 Å². The molecular weight excluding hydrogens is 302 g/mol. The summed E-state index contributed by atoms with van der Waals surface area (Å²) in [6, 6.07) is 16.1. The molecule has 4 rings (SSSR count). The quantitative estimate of drug-likeness (QED) is 0.779. The standard InChI is InChI=1S/C19H17N3O2/c1-22-11-13-10-15-14(12-6-4-3-5-7-12)8-9-16(24-2)17(15)20-18(13)21-19(22)23/h3-10H,11H2,1-2H3,(H,20,21,23). The minimum absolute atomic E-state index is 0.146. The van der Waals surface area contributed by atoms with Gasteiger partial charge in [-0.1, -0.05) is 30.3 Å². The number of benzene rings is 2. The number of hydrogen-bond donors (Lipinski definition) is 1. The number of anilines is 1. The summed E-state index contributed by atoms with van der Waals surface area (Å²) in [5.74, 6) is 1.30. The van der Waals surface area contributed by atoms with Crippen LogP contribution in [-0.4, -0.2) is 30.1 Å². The van der Waals surface area contributed by atoms with E-state index in [-0.39, 0.29) is 6.03 Å². The van der Waals surface area contributed by atoms with Crippen molar-refractivity contribution in [2.24, 2.45) is 0 Å². The molecule has 3 aromatic rings.